The number of hydrogen-bond acceptors (Lipinski definition) is 4. The van der Waals surface area contributed by atoms with E-state index in [1.54, 1.807) is 7.05 Å². The summed E-state index contributed by atoms with van der Waals surface area (Å²) in [5, 5.41) is 17.4. The number of urea groups is 1. The number of nitrogens with zero attached hydrogens (tertiary/aromatic N) is 4. The highest BCUT2D eigenvalue weighted by atomic mass is 35.5. The Morgan fingerprint density at radius 1 is 1.36 bits per heavy atom. The molecule has 2 aliphatic heterocycles. The summed E-state index contributed by atoms with van der Waals surface area (Å²) in [6, 6.07) is 2.57. The van der Waals surface area contributed by atoms with Crippen LogP contribution >= 0.6 is 11.6 Å². The summed E-state index contributed by atoms with van der Waals surface area (Å²) in [6.07, 6.45) is -4.15. The van der Waals surface area contributed by atoms with Gasteiger partial charge in [-0.05, 0) is 24.6 Å². The maximum Gasteiger partial charge on any atom is 0.322 e. The first kappa shape index (κ1) is 23.4. The van der Waals surface area contributed by atoms with Crippen molar-refractivity contribution in [3.05, 3.63) is 46.0 Å². The van der Waals surface area contributed by atoms with Gasteiger partial charge < -0.3 is 20.2 Å². The third kappa shape index (κ3) is 4.65. The number of carbonyl (C=O) groups excluding carboxylic acids is 2. The smallest absolute Gasteiger partial charge is 0.322 e. The second kappa shape index (κ2) is 9.22. The lowest BCUT2D eigenvalue weighted by Gasteiger charge is -2.27. The van der Waals surface area contributed by atoms with E-state index in [-0.39, 0.29) is 36.1 Å². The van der Waals surface area contributed by atoms with Crippen molar-refractivity contribution in [3.63, 3.8) is 0 Å². The highest BCUT2D eigenvalue weighted by molar-refractivity contribution is 6.31. The summed E-state index contributed by atoms with van der Waals surface area (Å²) < 4.78 is 40.6. The molecule has 0 spiro atoms. The van der Waals surface area contributed by atoms with E-state index in [0.29, 0.717) is 29.9 Å². The van der Waals surface area contributed by atoms with Gasteiger partial charge in [0.05, 0.1) is 29.4 Å². The van der Waals surface area contributed by atoms with E-state index in [9.17, 15) is 27.9 Å². The summed E-state index contributed by atoms with van der Waals surface area (Å²) in [5.41, 5.74) is 1.64. The number of anilines is 1. The molecule has 2 aliphatic rings. The minimum absolute atomic E-state index is 0.0721. The SMILES string of the molecule is CN1CCC(C(O)CC(F)F)n2nc3c(c2C1=O)CN(C(=O)Nc1ccc(F)c(Cl)c1)CC3. The zero-order valence-corrected chi connectivity index (χ0v) is 18.5. The Morgan fingerprint density at radius 2 is 2.12 bits per heavy atom. The van der Waals surface area contributed by atoms with Gasteiger partial charge in [0.1, 0.15) is 11.5 Å². The Balaban J connectivity index is 1.61. The number of carbonyl (C=O) groups is 2. The number of aliphatic hydroxyl groups excluding tert-OH is 1. The summed E-state index contributed by atoms with van der Waals surface area (Å²) in [6.45, 7) is 0.651. The number of alkyl halides is 2. The maximum absolute atomic E-state index is 13.4. The largest absolute Gasteiger partial charge is 0.391 e. The van der Waals surface area contributed by atoms with Crippen LogP contribution in [0.25, 0.3) is 0 Å². The van der Waals surface area contributed by atoms with E-state index < -0.39 is 36.8 Å². The van der Waals surface area contributed by atoms with Gasteiger partial charge in [-0.3, -0.25) is 9.48 Å². The number of aromatic nitrogens is 2. The van der Waals surface area contributed by atoms with Crippen LogP contribution in [-0.2, 0) is 13.0 Å². The molecule has 1 aromatic heterocycles. The Kier molecular flexibility index (Phi) is 6.53. The van der Waals surface area contributed by atoms with Gasteiger partial charge in [-0.15, -0.1) is 0 Å². The third-order valence-electron chi connectivity index (χ3n) is 6.00. The first-order valence-electron chi connectivity index (χ1n) is 10.5. The molecule has 2 unspecified atom stereocenters. The van der Waals surface area contributed by atoms with Gasteiger partial charge in [-0.1, -0.05) is 11.6 Å². The van der Waals surface area contributed by atoms with Crippen molar-refractivity contribution in [2.45, 2.75) is 44.4 Å². The van der Waals surface area contributed by atoms with E-state index >= 15 is 0 Å². The van der Waals surface area contributed by atoms with Crippen molar-refractivity contribution < 1.29 is 27.9 Å². The first-order valence-corrected chi connectivity index (χ1v) is 10.9. The Bertz CT molecular complexity index is 1080. The van der Waals surface area contributed by atoms with E-state index in [2.05, 4.69) is 10.4 Å². The van der Waals surface area contributed by atoms with E-state index in [4.69, 9.17) is 11.6 Å². The van der Waals surface area contributed by atoms with Gasteiger partial charge >= 0.3 is 6.03 Å². The fourth-order valence-electron chi connectivity index (χ4n) is 4.24. The number of halogens is 4. The predicted octanol–water partition coefficient (Wildman–Crippen LogP) is 3.30. The zero-order valence-electron chi connectivity index (χ0n) is 17.8. The fraction of sp³-hybridized carbons (Fsp3) is 0.476. The quantitative estimate of drug-likeness (QED) is 0.695. The van der Waals surface area contributed by atoms with Gasteiger partial charge in [-0.25, -0.2) is 18.0 Å². The van der Waals surface area contributed by atoms with Crippen LogP contribution in [0.4, 0.5) is 23.7 Å². The zero-order chi connectivity index (χ0) is 23.9. The number of aliphatic hydroxyl groups is 1. The summed E-state index contributed by atoms with van der Waals surface area (Å²) in [7, 11) is 1.60. The average molecular weight is 486 g/mol. The molecule has 2 N–H and O–H groups in total. The number of amides is 3. The molecule has 0 radical (unpaired) electrons. The molecule has 4 rings (SSSR count). The second-order valence-electron chi connectivity index (χ2n) is 8.23. The minimum Gasteiger partial charge on any atom is -0.391 e. The van der Waals surface area contributed by atoms with Crippen LogP contribution < -0.4 is 5.32 Å². The van der Waals surface area contributed by atoms with Crippen LogP contribution in [0.2, 0.25) is 5.02 Å². The minimum atomic E-state index is -2.69. The molecule has 0 fully saturated rings. The van der Waals surface area contributed by atoms with Crippen molar-refractivity contribution in [2.24, 2.45) is 0 Å². The number of rotatable bonds is 4. The van der Waals surface area contributed by atoms with E-state index in [1.807, 2.05) is 0 Å². The molecule has 0 saturated heterocycles. The lowest BCUT2D eigenvalue weighted by molar-refractivity contribution is 0.0265. The van der Waals surface area contributed by atoms with Crippen molar-refractivity contribution in [1.82, 2.24) is 19.6 Å². The van der Waals surface area contributed by atoms with Crippen LogP contribution in [0.15, 0.2) is 18.2 Å². The van der Waals surface area contributed by atoms with Gasteiger partial charge in [0, 0.05) is 44.2 Å². The molecular weight excluding hydrogens is 463 g/mol. The molecule has 0 bridgehead atoms. The highest BCUT2D eigenvalue weighted by Crippen LogP contribution is 2.32. The highest BCUT2D eigenvalue weighted by Gasteiger charge is 2.38. The topological polar surface area (TPSA) is 90.7 Å². The molecule has 3 amide bonds. The number of benzene rings is 1. The van der Waals surface area contributed by atoms with Crippen molar-refractivity contribution in [2.75, 3.05) is 25.5 Å². The molecule has 0 saturated carbocycles. The van der Waals surface area contributed by atoms with Gasteiger partial charge in [0.2, 0.25) is 6.43 Å². The summed E-state index contributed by atoms with van der Waals surface area (Å²) in [5.74, 6) is -0.950. The van der Waals surface area contributed by atoms with Gasteiger partial charge in [-0.2, -0.15) is 5.10 Å². The molecule has 178 valence electrons. The fourth-order valence-corrected chi connectivity index (χ4v) is 4.42. The van der Waals surface area contributed by atoms with Crippen molar-refractivity contribution in [3.8, 4) is 0 Å². The van der Waals surface area contributed by atoms with Gasteiger partial charge in [0.25, 0.3) is 5.91 Å². The third-order valence-corrected chi connectivity index (χ3v) is 6.29. The van der Waals surface area contributed by atoms with Gasteiger partial charge in [0.15, 0.2) is 0 Å². The first-order chi connectivity index (χ1) is 15.7. The van der Waals surface area contributed by atoms with Crippen LogP contribution in [-0.4, -0.2) is 69.3 Å². The summed E-state index contributed by atoms with van der Waals surface area (Å²) >= 11 is 5.77. The molecule has 1 aromatic carbocycles. The Morgan fingerprint density at radius 3 is 2.82 bits per heavy atom. The maximum atomic E-state index is 13.4. The molecule has 3 heterocycles. The van der Waals surface area contributed by atoms with Crippen LogP contribution in [0.1, 0.15) is 40.6 Å². The van der Waals surface area contributed by atoms with Crippen LogP contribution in [0.3, 0.4) is 0 Å². The second-order valence-corrected chi connectivity index (χ2v) is 8.63. The predicted molar refractivity (Wildman–Crippen MR) is 114 cm³/mol. The van der Waals surface area contributed by atoms with Crippen LogP contribution in [0.5, 0.6) is 0 Å². The molecule has 33 heavy (non-hydrogen) atoms. The molecule has 2 atom stereocenters. The monoisotopic (exact) mass is 485 g/mol. The Labute approximate surface area is 192 Å². The average Bonchev–Trinajstić information content (AvgIpc) is 3.07. The lowest BCUT2D eigenvalue weighted by atomic mass is 10.0. The molecule has 2 aromatic rings. The number of nitrogens with one attached hydrogen (secondary N) is 1. The van der Waals surface area contributed by atoms with Crippen molar-refractivity contribution in [1.29, 1.82) is 0 Å². The standard InChI is InChI=1S/C21H23ClF3N5O3/c1-28-6-5-16(17(31)9-18(24)25)30-19(20(28)32)12-10-29(7-4-15(12)27-30)21(33)26-11-2-3-14(23)13(22)8-11/h2-3,8,16-18,31H,4-7,9-10H2,1H3,(H,26,33). The molecular formula is C21H23ClF3N5O3. The van der Waals surface area contributed by atoms with Crippen molar-refractivity contribution >= 4 is 29.2 Å². The number of hydrogen-bond donors (Lipinski definition) is 2. The lowest BCUT2D eigenvalue weighted by Crippen LogP contribution is -2.39. The molecule has 8 nitrogen and oxygen atoms in total. The number of fused-ring (bicyclic) bond motifs is 3. The Hall–Kier alpha value is -2.79. The van der Waals surface area contributed by atoms with E-state index in [0.717, 1.165) is 6.07 Å². The normalized spacial score (nSPS) is 19.2. The summed E-state index contributed by atoms with van der Waals surface area (Å²) in [4.78, 5) is 28.8. The molecule has 12 heteroatoms. The molecule has 0 aliphatic carbocycles. The van der Waals surface area contributed by atoms with Crippen LogP contribution in [0, 0.1) is 5.82 Å². The van der Waals surface area contributed by atoms with E-state index in [1.165, 1.54) is 26.6 Å².